The van der Waals surface area contributed by atoms with Gasteiger partial charge in [-0.3, -0.25) is 4.90 Å². The second-order valence-electron chi connectivity index (χ2n) is 6.14. The van der Waals surface area contributed by atoms with Crippen LogP contribution in [0.1, 0.15) is 30.4 Å². The molecule has 1 aliphatic carbocycles. The minimum atomic E-state index is 0.633. The van der Waals surface area contributed by atoms with Crippen molar-refractivity contribution in [1.29, 1.82) is 0 Å². The minimum Gasteiger partial charge on any atom is -0.384 e. The second kappa shape index (κ2) is 3.61. The maximum absolute atomic E-state index is 3.57. The summed E-state index contributed by atoms with van der Waals surface area (Å²) in [6, 6.07) is 7.39. The van der Waals surface area contributed by atoms with Gasteiger partial charge in [0.05, 0.1) is 0 Å². The summed E-state index contributed by atoms with van der Waals surface area (Å²) in [6.45, 7) is 4.65. The van der Waals surface area contributed by atoms with Crippen molar-refractivity contribution in [3.05, 3.63) is 35.4 Å². The Kier molecular flexibility index (Phi) is 2.13. The van der Waals surface area contributed by atoms with Gasteiger partial charge in [-0.15, -0.1) is 0 Å². The molecule has 0 fully saturated rings. The molecule has 1 N–H and O–H groups in total. The second-order valence-corrected chi connectivity index (χ2v) is 6.14. The predicted octanol–water partition coefficient (Wildman–Crippen LogP) is 2.93. The third-order valence-corrected chi connectivity index (χ3v) is 4.80. The van der Waals surface area contributed by atoms with Gasteiger partial charge >= 0.3 is 0 Å². The molecule has 0 saturated heterocycles. The van der Waals surface area contributed by atoms with Gasteiger partial charge in [0, 0.05) is 30.7 Å². The van der Waals surface area contributed by atoms with Crippen LogP contribution < -0.4 is 5.32 Å². The smallest absolute Gasteiger partial charge is 0.0382 e. The molecule has 94 valence electrons. The molecule has 0 bridgehead atoms. The number of anilines is 1. The first-order valence-electron chi connectivity index (χ1n) is 7.03. The Hall–Kier alpha value is -1.28. The first kappa shape index (κ1) is 10.6. The van der Waals surface area contributed by atoms with Crippen LogP contribution in [0.15, 0.2) is 24.3 Å². The number of hydrogen-bond acceptors (Lipinski definition) is 2. The number of benzene rings is 1. The molecule has 0 spiro atoms. The Bertz CT molecular complexity index is 532. The number of likely N-dealkylation sites (N-methyl/N-ethyl adjacent to an activating group) is 1. The fourth-order valence-electron chi connectivity index (χ4n) is 4.08. The molecule has 0 aromatic heterocycles. The molecular formula is C16H20N2. The van der Waals surface area contributed by atoms with E-state index in [0.717, 1.165) is 6.54 Å². The zero-order valence-corrected chi connectivity index (χ0v) is 11.1. The van der Waals surface area contributed by atoms with Crippen LogP contribution in [0.3, 0.4) is 0 Å². The van der Waals surface area contributed by atoms with Gasteiger partial charge < -0.3 is 5.32 Å². The van der Waals surface area contributed by atoms with E-state index in [0.29, 0.717) is 17.9 Å². The van der Waals surface area contributed by atoms with E-state index in [1.54, 1.807) is 11.1 Å². The van der Waals surface area contributed by atoms with Crippen molar-refractivity contribution in [2.45, 2.75) is 25.3 Å². The average molecular weight is 240 g/mol. The summed E-state index contributed by atoms with van der Waals surface area (Å²) in [4.78, 5) is 2.55. The van der Waals surface area contributed by atoms with Gasteiger partial charge in [0.25, 0.3) is 0 Å². The Morgan fingerprint density at radius 1 is 1.33 bits per heavy atom. The standard InChI is InChI=1S/C16H20N2/c1-10-6-13-12-4-3-5-14-16(12)11(8-17-14)7-15(13)18(2)9-10/h3-6,10-11,15,17H,7-9H2,1-2H3/t10-,11+,15+/m0/s1. The van der Waals surface area contributed by atoms with E-state index in [1.807, 2.05) is 0 Å². The summed E-state index contributed by atoms with van der Waals surface area (Å²) in [5.74, 6) is 1.39. The largest absolute Gasteiger partial charge is 0.384 e. The monoisotopic (exact) mass is 240 g/mol. The molecule has 0 saturated carbocycles. The maximum Gasteiger partial charge on any atom is 0.0382 e. The van der Waals surface area contributed by atoms with Gasteiger partial charge in [0.15, 0.2) is 0 Å². The summed E-state index contributed by atoms with van der Waals surface area (Å²) >= 11 is 0. The van der Waals surface area contributed by atoms with E-state index < -0.39 is 0 Å². The zero-order valence-electron chi connectivity index (χ0n) is 11.1. The molecule has 0 unspecified atom stereocenters. The van der Waals surface area contributed by atoms with Crippen LogP contribution in [-0.2, 0) is 0 Å². The van der Waals surface area contributed by atoms with E-state index in [2.05, 4.69) is 48.5 Å². The molecule has 0 amide bonds. The molecule has 4 rings (SSSR count). The molecule has 2 aliphatic heterocycles. The zero-order chi connectivity index (χ0) is 12.3. The molecule has 3 aliphatic rings. The summed E-state index contributed by atoms with van der Waals surface area (Å²) in [5.41, 5.74) is 6.05. The van der Waals surface area contributed by atoms with E-state index in [9.17, 15) is 0 Å². The third-order valence-electron chi connectivity index (χ3n) is 4.80. The topological polar surface area (TPSA) is 15.3 Å². The number of fused-ring (bicyclic) bond motifs is 2. The van der Waals surface area contributed by atoms with Crippen LogP contribution >= 0.6 is 0 Å². The van der Waals surface area contributed by atoms with Gasteiger partial charge in [-0.2, -0.15) is 0 Å². The summed E-state index contributed by atoms with van der Waals surface area (Å²) < 4.78 is 0. The molecule has 1 aromatic rings. The van der Waals surface area contributed by atoms with E-state index in [-0.39, 0.29) is 0 Å². The highest BCUT2D eigenvalue weighted by Gasteiger charge is 2.38. The van der Waals surface area contributed by atoms with Gasteiger partial charge in [0.1, 0.15) is 0 Å². The predicted molar refractivity (Wildman–Crippen MR) is 75.8 cm³/mol. The lowest BCUT2D eigenvalue weighted by atomic mass is 9.75. The number of rotatable bonds is 0. The maximum atomic E-state index is 3.57. The normalized spacial score (nSPS) is 33.4. The summed E-state index contributed by atoms with van der Waals surface area (Å²) in [7, 11) is 2.28. The summed E-state index contributed by atoms with van der Waals surface area (Å²) in [6.07, 6.45) is 3.79. The Morgan fingerprint density at radius 2 is 2.22 bits per heavy atom. The SMILES string of the molecule is C[C@H]1C=C2c3cccc4c3[C@@H](CN4)C[C@H]2N(C)C1. The molecule has 2 heteroatoms. The molecule has 1 aromatic carbocycles. The average Bonchev–Trinajstić information content (AvgIpc) is 2.76. The molecule has 18 heavy (non-hydrogen) atoms. The Morgan fingerprint density at radius 3 is 3.11 bits per heavy atom. The minimum absolute atomic E-state index is 0.633. The summed E-state index contributed by atoms with van der Waals surface area (Å²) in [5, 5.41) is 3.57. The first-order valence-corrected chi connectivity index (χ1v) is 7.03. The van der Waals surface area contributed by atoms with E-state index >= 15 is 0 Å². The highest BCUT2D eigenvalue weighted by Crippen LogP contribution is 2.48. The van der Waals surface area contributed by atoms with Gasteiger partial charge in [-0.1, -0.05) is 25.1 Å². The number of hydrogen-bond donors (Lipinski definition) is 1. The van der Waals surface area contributed by atoms with Gasteiger partial charge in [-0.05, 0) is 42.2 Å². The molecule has 2 heterocycles. The van der Waals surface area contributed by atoms with Crippen molar-refractivity contribution in [3.63, 3.8) is 0 Å². The van der Waals surface area contributed by atoms with Crippen LogP contribution in [-0.4, -0.2) is 31.1 Å². The highest BCUT2D eigenvalue weighted by molar-refractivity contribution is 5.81. The van der Waals surface area contributed by atoms with E-state index in [4.69, 9.17) is 0 Å². The molecule has 3 atom stereocenters. The van der Waals surface area contributed by atoms with Crippen molar-refractivity contribution in [2.75, 3.05) is 25.5 Å². The van der Waals surface area contributed by atoms with Crippen molar-refractivity contribution in [3.8, 4) is 0 Å². The van der Waals surface area contributed by atoms with Crippen molar-refractivity contribution in [2.24, 2.45) is 5.92 Å². The lowest BCUT2D eigenvalue weighted by Gasteiger charge is -2.41. The van der Waals surface area contributed by atoms with Crippen molar-refractivity contribution >= 4 is 11.3 Å². The van der Waals surface area contributed by atoms with Gasteiger partial charge in [0.2, 0.25) is 0 Å². The number of nitrogens with zero attached hydrogens (tertiary/aromatic N) is 1. The van der Waals surface area contributed by atoms with Crippen LogP contribution in [0, 0.1) is 5.92 Å². The number of nitrogens with one attached hydrogen (secondary N) is 1. The molecule has 2 nitrogen and oxygen atoms in total. The molecule has 0 radical (unpaired) electrons. The fraction of sp³-hybridized carbons (Fsp3) is 0.500. The quantitative estimate of drug-likeness (QED) is 0.750. The lowest BCUT2D eigenvalue weighted by molar-refractivity contribution is 0.233. The van der Waals surface area contributed by atoms with Crippen LogP contribution in [0.25, 0.3) is 5.57 Å². The van der Waals surface area contributed by atoms with Crippen LogP contribution in [0.5, 0.6) is 0 Å². The highest BCUT2D eigenvalue weighted by atomic mass is 15.1. The lowest BCUT2D eigenvalue weighted by Crippen LogP contribution is -2.42. The first-order chi connectivity index (χ1) is 8.74. The Balaban J connectivity index is 1.92. The molecular weight excluding hydrogens is 220 g/mol. The van der Waals surface area contributed by atoms with Crippen LogP contribution in [0.4, 0.5) is 5.69 Å². The van der Waals surface area contributed by atoms with E-state index in [1.165, 1.54) is 24.2 Å². The van der Waals surface area contributed by atoms with Gasteiger partial charge in [-0.25, -0.2) is 0 Å². The third kappa shape index (κ3) is 1.33. The fourth-order valence-corrected chi connectivity index (χ4v) is 4.08. The van der Waals surface area contributed by atoms with Crippen molar-refractivity contribution < 1.29 is 0 Å². The Labute approximate surface area is 109 Å². The van der Waals surface area contributed by atoms with Crippen molar-refractivity contribution in [1.82, 2.24) is 4.90 Å². The van der Waals surface area contributed by atoms with Crippen LogP contribution in [0.2, 0.25) is 0 Å².